The van der Waals surface area contributed by atoms with Crippen LogP contribution in [0.2, 0.25) is 0 Å². The number of hydrogen-bond acceptors (Lipinski definition) is 3. The van der Waals surface area contributed by atoms with Gasteiger partial charge in [-0.3, -0.25) is 9.69 Å². The molecule has 2 heterocycles. The van der Waals surface area contributed by atoms with Gasteiger partial charge in [0, 0.05) is 29.4 Å². The molecule has 3 nitrogen and oxygen atoms in total. The summed E-state index contributed by atoms with van der Waals surface area (Å²) in [6, 6.07) is 10.7. The van der Waals surface area contributed by atoms with Crippen molar-refractivity contribution in [2.24, 2.45) is 11.8 Å². The fraction of sp³-hybridized carbons (Fsp3) is 0.389. The van der Waals surface area contributed by atoms with Gasteiger partial charge in [-0.05, 0) is 42.2 Å². The first-order valence-electron chi connectivity index (χ1n) is 7.81. The molecule has 1 fully saturated rings. The largest absolute Gasteiger partial charge is 0.481 e. The van der Waals surface area contributed by atoms with E-state index in [1.165, 1.54) is 10.9 Å². The highest BCUT2D eigenvalue weighted by Gasteiger charge is 2.29. The van der Waals surface area contributed by atoms with Crippen LogP contribution in [0.3, 0.4) is 0 Å². The van der Waals surface area contributed by atoms with Gasteiger partial charge in [-0.25, -0.2) is 4.39 Å². The topological polar surface area (TPSA) is 40.5 Å². The van der Waals surface area contributed by atoms with Crippen molar-refractivity contribution >= 4 is 17.3 Å². The molecule has 23 heavy (non-hydrogen) atoms. The molecule has 0 saturated carbocycles. The van der Waals surface area contributed by atoms with Crippen molar-refractivity contribution in [1.29, 1.82) is 0 Å². The number of carboxylic acid groups (broad SMARTS) is 1. The zero-order valence-electron chi connectivity index (χ0n) is 13.0. The molecule has 3 rings (SSSR count). The minimum atomic E-state index is -0.701. The van der Waals surface area contributed by atoms with Gasteiger partial charge in [0.15, 0.2) is 0 Å². The Hall–Kier alpha value is -1.72. The van der Waals surface area contributed by atoms with E-state index in [1.807, 2.05) is 12.1 Å². The predicted molar refractivity (Wildman–Crippen MR) is 89.9 cm³/mol. The van der Waals surface area contributed by atoms with Gasteiger partial charge >= 0.3 is 5.97 Å². The van der Waals surface area contributed by atoms with E-state index in [2.05, 4.69) is 17.9 Å². The number of halogens is 1. The number of likely N-dealkylation sites (tertiary alicyclic amines) is 1. The lowest BCUT2D eigenvalue weighted by molar-refractivity contribution is -0.144. The molecule has 2 atom stereocenters. The average Bonchev–Trinajstić information content (AvgIpc) is 2.95. The maximum absolute atomic E-state index is 13.3. The highest BCUT2D eigenvalue weighted by Crippen LogP contribution is 2.30. The van der Waals surface area contributed by atoms with Gasteiger partial charge < -0.3 is 5.11 Å². The first kappa shape index (κ1) is 16.1. The predicted octanol–water partition coefficient (Wildman–Crippen LogP) is 4.10. The summed E-state index contributed by atoms with van der Waals surface area (Å²) in [5.41, 5.74) is 0.886. The zero-order chi connectivity index (χ0) is 16.4. The van der Waals surface area contributed by atoms with Gasteiger partial charge in [0.25, 0.3) is 0 Å². The first-order chi connectivity index (χ1) is 11.0. The van der Waals surface area contributed by atoms with E-state index < -0.39 is 5.97 Å². The highest BCUT2D eigenvalue weighted by molar-refractivity contribution is 7.15. The number of thiophene rings is 1. The molecule has 0 spiro atoms. The van der Waals surface area contributed by atoms with E-state index in [0.29, 0.717) is 12.5 Å². The lowest BCUT2D eigenvalue weighted by Crippen LogP contribution is -2.41. The smallest absolute Gasteiger partial charge is 0.307 e. The number of hydrogen-bond donors (Lipinski definition) is 1. The van der Waals surface area contributed by atoms with Crippen molar-refractivity contribution in [3.05, 3.63) is 47.1 Å². The second kappa shape index (κ2) is 6.81. The molecular weight excluding hydrogens is 313 g/mol. The Morgan fingerprint density at radius 2 is 2.17 bits per heavy atom. The third-order valence-corrected chi connectivity index (χ3v) is 5.35. The molecule has 2 aromatic rings. The van der Waals surface area contributed by atoms with Crippen LogP contribution in [0.25, 0.3) is 10.4 Å². The third-order valence-electron chi connectivity index (χ3n) is 4.23. The van der Waals surface area contributed by atoms with Crippen LogP contribution in [0, 0.1) is 17.7 Å². The Labute approximate surface area is 139 Å². The van der Waals surface area contributed by atoms with Gasteiger partial charge in [0.05, 0.1) is 5.92 Å². The van der Waals surface area contributed by atoms with Crippen molar-refractivity contribution in [2.45, 2.75) is 19.9 Å². The molecule has 2 unspecified atom stereocenters. The molecule has 0 aliphatic carbocycles. The number of carbonyl (C=O) groups is 1. The average molecular weight is 333 g/mol. The lowest BCUT2D eigenvalue weighted by atomic mass is 9.90. The lowest BCUT2D eigenvalue weighted by Gasteiger charge is -2.34. The standard InChI is InChI=1S/C18H20FNO2S/c1-12-7-14(18(21)22)10-20(9-12)11-16-5-6-17(23-16)13-3-2-4-15(19)8-13/h2-6,8,12,14H,7,9-11H2,1H3,(H,21,22). The molecule has 1 N–H and O–H groups in total. The number of aliphatic carboxylic acids is 1. The van der Waals surface area contributed by atoms with E-state index in [0.717, 1.165) is 30.0 Å². The van der Waals surface area contributed by atoms with Crippen LogP contribution >= 0.6 is 11.3 Å². The summed E-state index contributed by atoms with van der Waals surface area (Å²) in [5.74, 6) is -0.811. The number of carboxylic acids is 1. The zero-order valence-corrected chi connectivity index (χ0v) is 13.9. The van der Waals surface area contributed by atoms with E-state index in [9.17, 15) is 14.3 Å². The molecule has 122 valence electrons. The van der Waals surface area contributed by atoms with Crippen LogP contribution in [0.5, 0.6) is 0 Å². The first-order valence-corrected chi connectivity index (χ1v) is 8.62. The molecular formula is C18H20FNO2S. The van der Waals surface area contributed by atoms with Crippen molar-refractivity contribution in [2.75, 3.05) is 13.1 Å². The van der Waals surface area contributed by atoms with Gasteiger partial charge in [0.1, 0.15) is 5.82 Å². The fourth-order valence-electron chi connectivity index (χ4n) is 3.25. The Bertz CT molecular complexity index is 700. The highest BCUT2D eigenvalue weighted by atomic mass is 32.1. The summed E-state index contributed by atoms with van der Waals surface area (Å²) in [6.07, 6.45) is 0.755. The Balaban J connectivity index is 1.70. The number of nitrogens with zero attached hydrogens (tertiary/aromatic N) is 1. The molecule has 1 aliphatic heterocycles. The summed E-state index contributed by atoms with van der Waals surface area (Å²) in [6.45, 7) is 4.40. The van der Waals surface area contributed by atoms with Gasteiger partial charge in [0.2, 0.25) is 0 Å². The summed E-state index contributed by atoms with van der Waals surface area (Å²) in [5, 5.41) is 9.26. The molecule has 0 radical (unpaired) electrons. The molecule has 1 aliphatic rings. The molecule has 1 saturated heterocycles. The minimum Gasteiger partial charge on any atom is -0.481 e. The van der Waals surface area contributed by atoms with Gasteiger partial charge in [-0.15, -0.1) is 11.3 Å². The van der Waals surface area contributed by atoms with E-state index in [4.69, 9.17) is 0 Å². The van der Waals surface area contributed by atoms with Crippen LogP contribution in [0.15, 0.2) is 36.4 Å². The van der Waals surface area contributed by atoms with Crippen molar-refractivity contribution in [3.63, 3.8) is 0 Å². The van der Waals surface area contributed by atoms with Gasteiger partial charge in [-0.2, -0.15) is 0 Å². The Morgan fingerprint density at radius 3 is 2.91 bits per heavy atom. The summed E-state index contributed by atoms with van der Waals surface area (Å²) < 4.78 is 13.3. The SMILES string of the molecule is CC1CC(C(=O)O)CN(Cc2ccc(-c3cccc(F)c3)s2)C1. The van der Waals surface area contributed by atoms with Crippen LogP contribution in [-0.2, 0) is 11.3 Å². The maximum atomic E-state index is 13.3. The van der Waals surface area contributed by atoms with E-state index in [1.54, 1.807) is 23.5 Å². The summed E-state index contributed by atoms with van der Waals surface area (Å²) in [7, 11) is 0. The summed E-state index contributed by atoms with van der Waals surface area (Å²) in [4.78, 5) is 15.7. The molecule has 1 aromatic carbocycles. The van der Waals surface area contributed by atoms with Crippen LogP contribution < -0.4 is 0 Å². The van der Waals surface area contributed by atoms with Gasteiger partial charge in [-0.1, -0.05) is 19.1 Å². The summed E-state index contributed by atoms with van der Waals surface area (Å²) >= 11 is 1.64. The normalized spacial score (nSPS) is 22.2. The molecule has 1 aromatic heterocycles. The molecule has 0 bridgehead atoms. The van der Waals surface area contributed by atoms with Crippen LogP contribution in [0.1, 0.15) is 18.2 Å². The quantitative estimate of drug-likeness (QED) is 0.916. The Morgan fingerprint density at radius 1 is 1.35 bits per heavy atom. The minimum absolute atomic E-state index is 0.230. The van der Waals surface area contributed by atoms with Crippen molar-refractivity contribution in [1.82, 2.24) is 4.90 Å². The van der Waals surface area contributed by atoms with Crippen molar-refractivity contribution in [3.8, 4) is 10.4 Å². The second-order valence-corrected chi connectivity index (χ2v) is 7.51. The number of benzene rings is 1. The molecule has 0 amide bonds. The number of rotatable bonds is 4. The van der Waals surface area contributed by atoms with Crippen molar-refractivity contribution < 1.29 is 14.3 Å². The maximum Gasteiger partial charge on any atom is 0.307 e. The third kappa shape index (κ3) is 3.98. The fourth-order valence-corrected chi connectivity index (χ4v) is 4.30. The number of piperidine rings is 1. The van der Waals surface area contributed by atoms with E-state index >= 15 is 0 Å². The molecule has 5 heteroatoms. The Kier molecular flexibility index (Phi) is 4.78. The van der Waals surface area contributed by atoms with Crippen LogP contribution in [-0.4, -0.2) is 29.1 Å². The second-order valence-electron chi connectivity index (χ2n) is 6.35. The van der Waals surface area contributed by atoms with E-state index in [-0.39, 0.29) is 11.7 Å². The van der Waals surface area contributed by atoms with Crippen LogP contribution in [0.4, 0.5) is 4.39 Å². The monoisotopic (exact) mass is 333 g/mol.